The number of amides is 1. The number of methoxy groups -OCH3 is 1. The maximum absolute atomic E-state index is 13.7. The molecule has 2 aromatic heterocycles. The van der Waals surface area contributed by atoms with E-state index in [-0.39, 0.29) is 29.9 Å². The fraction of sp³-hybridized carbons (Fsp3) is 0.520. The van der Waals surface area contributed by atoms with E-state index in [9.17, 15) is 9.59 Å². The Bertz CT molecular complexity index is 1200. The van der Waals surface area contributed by atoms with Crippen molar-refractivity contribution in [3.63, 3.8) is 0 Å². The van der Waals surface area contributed by atoms with Crippen molar-refractivity contribution in [2.24, 2.45) is 0 Å². The fourth-order valence-electron chi connectivity index (χ4n) is 5.21. The van der Waals surface area contributed by atoms with Crippen molar-refractivity contribution < 1.29 is 14.3 Å². The van der Waals surface area contributed by atoms with E-state index in [1.54, 1.807) is 7.11 Å². The number of H-pyrrole nitrogens is 1. The highest BCUT2D eigenvalue weighted by Crippen LogP contribution is 2.36. The highest BCUT2D eigenvalue weighted by atomic mass is 16.5. The van der Waals surface area contributed by atoms with Gasteiger partial charge in [-0.25, -0.2) is 4.98 Å². The molecule has 0 radical (unpaired) electrons. The molecule has 1 aliphatic heterocycles. The van der Waals surface area contributed by atoms with E-state index in [1.807, 2.05) is 35.2 Å². The van der Waals surface area contributed by atoms with Gasteiger partial charge in [0.25, 0.3) is 17.2 Å². The van der Waals surface area contributed by atoms with Gasteiger partial charge in [0.2, 0.25) is 0 Å². The summed E-state index contributed by atoms with van der Waals surface area (Å²) >= 11 is 0. The Morgan fingerprint density at radius 1 is 1.15 bits per heavy atom. The Morgan fingerprint density at radius 3 is 2.71 bits per heavy atom. The lowest BCUT2D eigenvalue weighted by atomic mass is 9.83. The molecule has 5 rings (SSSR count). The van der Waals surface area contributed by atoms with Gasteiger partial charge in [-0.05, 0) is 25.7 Å². The van der Waals surface area contributed by atoms with Gasteiger partial charge in [-0.2, -0.15) is 9.50 Å². The molecule has 1 N–H and O–H groups in total. The van der Waals surface area contributed by atoms with E-state index in [0.29, 0.717) is 31.0 Å². The summed E-state index contributed by atoms with van der Waals surface area (Å²) < 4.78 is 13.1. The average Bonchev–Trinajstić information content (AvgIpc) is 3.51. The van der Waals surface area contributed by atoms with Gasteiger partial charge in [0.05, 0.1) is 24.9 Å². The molecule has 9 heteroatoms. The van der Waals surface area contributed by atoms with E-state index >= 15 is 0 Å². The molecule has 1 amide bonds. The van der Waals surface area contributed by atoms with Crippen molar-refractivity contribution in [2.45, 2.75) is 63.2 Å². The molecule has 0 bridgehead atoms. The van der Waals surface area contributed by atoms with Crippen LogP contribution in [0.1, 0.15) is 50.6 Å². The topological polar surface area (TPSA) is 102 Å². The summed E-state index contributed by atoms with van der Waals surface area (Å²) in [5.74, 6) is 0.907. The molecule has 1 aliphatic carbocycles. The van der Waals surface area contributed by atoms with Crippen molar-refractivity contribution >= 4 is 11.7 Å². The van der Waals surface area contributed by atoms with Crippen LogP contribution >= 0.6 is 0 Å². The number of hydrogen-bond acceptors (Lipinski definition) is 6. The highest BCUT2D eigenvalue weighted by Gasteiger charge is 2.46. The van der Waals surface area contributed by atoms with Crippen molar-refractivity contribution in [1.82, 2.24) is 24.5 Å². The number of carbonyl (C=O) groups is 1. The van der Waals surface area contributed by atoms with E-state index in [0.717, 1.165) is 44.2 Å². The van der Waals surface area contributed by atoms with E-state index in [1.165, 1.54) is 10.6 Å². The summed E-state index contributed by atoms with van der Waals surface area (Å²) in [6.45, 7) is 1.37. The van der Waals surface area contributed by atoms with Crippen LogP contribution in [0.25, 0.3) is 17.2 Å². The van der Waals surface area contributed by atoms with E-state index < -0.39 is 5.60 Å². The first kappa shape index (κ1) is 22.7. The summed E-state index contributed by atoms with van der Waals surface area (Å²) in [6, 6.07) is 11.1. The summed E-state index contributed by atoms with van der Waals surface area (Å²) in [7, 11) is 1.67. The number of carbonyl (C=O) groups excluding carboxylic acids is 1. The predicted molar refractivity (Wildman–Crippen MR) is 126 cm³/mol. The van der Waals surface area contributed by atoms with Gasteiger partial charge in [-0.1, -0.05) is 49.6 Å². The zero-order valence-corrected chi connectivity index (χ0v) is 19.5. The van der Waals surface area contributed by atoms with Gasteiger partial charge in [-0.15, -0.1) is 0 Å². The Hall–Kier alpha value is -3.04. The molecule has 3 aromatic rings. The molecule has 180 valence electrons. The van der Waals surface area contributed by atoms with Crippen LogP contribution in [0.2, 0.25) is 0 Å². The van der Waals surface area contributed by atoms with Gasteiger partial charge in [0.15, 0.2) is 5.82 Å². The molecule has 3 heterocycles. The van der Waals surface area contributed by atoms with Crippen molar-refractivity contribution in [3.05, 3.63) is 52.4 Å². The Morgan fingerprint density at radius 2 is 1.94 bits per heavy atom. The molecular weight excluding hydrogens is 434 g/mol. The average molecular weight is 466 g/mol. The Kier molecular flexibility index (Phi) is 6.47. The molecular formula is C25H31N5O4. The van der Waals surface area contributed by atoms with Crippen molar-refractivity contribution in [3.8, 4) is 11.4 Å². The zero-order valence-electron chi connectivity index (χ0n) is 19.5. The third-order valence-corrected chi connectivity index (χ3v) is 6.98. The maximum atomic E-state index is 13.7. The molecule has 1 aromatic carbocycles. The summed E-state index contributed by atoms with van der Waals surface area (Å²) in [4.78, 5) is 37.4. The second kappa shape index (κ2) is 9.68. The molecule has 2 aliphatic rings. The SMILES string of the molecule is COC[C@@H]1CCCN1C(=O)C1(OCc2cc(=O)n3[nH]c(-c4ccccc4)nc3n2)CCCCC1. The van der Waals surface area contributed by atoms with Crippen LogP contribution in [0.15, 0.2) is 41.2 Å². The quantitative estimate of drug-likeness (QED) is 0.576. The predicted octanol–water partition coefficient (Wildman–Crippen LogP) is 2.94. The van der Waals surface area contributed by atoms with Crippen molar-refractivity contribution in [2.75, 3.05) is 20.3 Å². The molecule has 1 saturated heterocycles. The number of aromatic amines is 1. The van der Waals surface area contributed by atoms with Gasteiger partial charge in [0.1, 0.15) is 5.60 Å². The Labute approximate surface area is 198 Å². The number of nitrogens with zero attached hydrogens (tertiary/aromatic N) is 4. The smallest absolute Gasteiger partial charge is 0.274 e. The summed E-state index contributed by atoms with van der Waals surface area (Å²) in [5, 5.41) is 3.01. The highest BCUT2D eigenvalue weighted by molar-refractivity contribution is 5.86. The van der Waals surface area contributed by atoms with E-state index in [2.05, 4.69) is 15.1 Å². The number of likely N-dealkylation sites (tertiary alicyclic amines) is 1. The number of hydrogen-bond donors (Lipinski definition) is 1. The molecule has 1 atom stereocenters. The number of nitrogens with one attached hydrogen (secondary N) is 1. The van der Waals surface area contributed by atoms with Gasteiger partial charge >= 0.3 is 0 Å². The molecule has 0 unspecified atom stereocenters. The summed E-state index contributed by atoms with van der Waals surface area (Å²) in [6.07, 6.45) is 6.29. The number of fused-ring (bicyclic) bond motifs is 1. The number of benzene rings is 1. The largest absolute Gasteiger partial charge is 0.383 e. The number of ether oxygens (including phenoxy) is 2. The Balaban J connectivity index is 1.38. The van der Waals surface area contributed by atoms with Gasteiger partial charge in [-0.3, -0.25) is 14.7 Å². The minimum atomic E-state index is -0.873. The maximum Gasteiger partial charge on any atom is 0.274 e. The van der Waals surface area contributed by atoms with E-state index in [4.69, 9.17) is 9.47 Å². The number of rotatable bonds is 7. The number of aromatic nitrogens is 4. The molecule has 2 fully saturated rings. The first-order valence-corrected chi connectivity index (χ1v) is 12.1. The lowest BCUT2D eigenvalue weighted by molar-refractivity contribution is -0.167. The first-order valence-electron chi connectivity index (χ1n) is 12.1. The second-order valence-electron chi connectivity index (χ2n) is 9.25. The molecule has 34 heavy (non-hydrogen) atoms. The normalized spacial score (nSPS) is 20.1. The van der Waals surface area contributed by atoms with Crippen LogP contribution in [0, 0.1) is 0 Å². The minimum absolute atomic E-state index is 0.0516. The monoisotopic (exact) mass is 465 g/mol. The van der Waals surface area contributed by atoms with Gasteiger partial charge in [0, 0.05) is 25.3 Å². The summed E-state index contributed by atoms with van der Waals surface area (Å²) in [5.41, 5.74) is 0.209. The third-order valence-electron chi connectivity index (χ3n) is 6.98. The molecule has 1 saturated carbocycles. The zero-order chi connectivity index (χ0) is 23.5. The lowest BCUT2D eigenvalue weighted by Gasteiger charge is -2.40. The molecule has 0 spiro atoms. The third kappa shape index (κ3) is 4.37. The van der Waals surface area contributed by atoms with Crippen LogP contribution in [-0.4, -0.2) is 62.3 Å². The van der Waals surface area contributed by atoms with Crippen LogP contribution in [0.5, 0.6) is 0 Å². The second-order valence-corrected chi connectivity index (χ2v) is 9.25. The van der Waals surface area contributed by atoms with Crippen LogP contribution < -0.4 is 5.56 Å². The van der Waals surface area contributed by atoms with Crippen LogP contribution in [0.3, 0.4) is 0 Å². The minimum Gasteiger partial charge on any atom is -0.383 e. The fourth-order valence-corrected chi connectivity index (χ4v) is 5.21. The van der Waals surface area contributed by atoms with Crippen LogP contribution in [-0.2, 0) is 20.9 Å². The van der Waals surface area contributed by atoms with Crippen LogP contribution in [0.4, 0.5) is 0 Å². The van der Waals surface area contributed by atoms with Gasteiger partial charge < -0.3 is 14.4 Å². The molecule has 9 nitrogen and oxygen atoms in total. The van der Waals surface area contributed by atoms with Crippen molar-refractivity contribution in [1.29, 1.82) is 0 Å². The lowest BCUT2D eigenvalue weighted by Crippen LogP contribution is -2.54. The first-order chi connectivity index (χ1) is 16.6. The standard InChI is InChI=1S/C25H31N5O4/c1-33-17-20-11-8-14-29(20)23(32)25(12-6-3-7-13-25)34-16-19-15-21(31)30-24(26-19)27-22(28-30)18-9-4-2-5-10-18/h2,4-5,9-10,15,20H,3,6-8,11-14,16-17H2,1H3,(H,26,27,28)/t20-/m0/s1.